The van der Waals surface area contributed by atoms with Crippen molar-refractivity contribution in [3.63, 3.8) is 0 Å². The van der Waals surface area contributed by atoms with Crippen LogP contribution in [0.1, 0.15) is 109 Å². The van der Waals surface area contributed by atoms with E-state index < -0.39 is 0 Å². The van der Waals surface area contributed by atoms with Gasteiger partial charge in [-0.05, 0) is 120 Å². The third-order valence-corrected chi connectivity index (χ3v) is 13.7. The van der Waals surface area contributed by atoms with E-state index in [9.17, 15) is 0 Å². The summed E-state index contributed by atoms with van der Waals surface area (Å²) in [6, 6.07) is 0. The Morgan fingerprint density at radius 3 is 1.65 bits per heavy atom. The molecule has 0 aromatic rings. The molecule has 5 aliphatic rings. The Balaban J connectivity index is 0.000000162. The number of allylic oxidation sites excluding steroid dienone is 4. The molecule has 0 aromatic carbocycles. The van der Waals surface area contributed by atoms with Crippen LogP contribution in [0.3, 0.4) is 0 Å². The molecule has 0 spiro atoms. The molecule has 34 heavy (non-hydrogen) atoms. The van der Waals surface area contributed by atoms with E-state index in [2.05, 4.69) is 107 Å². The van der Waals surface area contributed by atoms with Gasteiger partial charge in [-0.15, -0.1) is 0 Å². The van der Waals surface area contributed by atoms with E-state index in [1.807, 2.05) is 0 Å². The van der Waals surface area contributed by atoms with Gasteiger partial charge in [0, 0.05) is 0 Å². The fourth-order valence-electron chi connectivity index (χ4n) is 10.8. The first-order valence-electron chi connectivity index (χ1n) is 14.9. The van der Waals surface area contributed by atoms with Gasteiger partial charge in [0.15, 0.2) is 0 Å². The minimum absolute atomic E-state index is 0.493. The van der Waals surface area contributed by atoms with Gasteiger partial charge >= 0.3 is 0 Å². The fraction of sp³-hybridized carbons (Fsp3) is 0.882. The van der Waals surface area contributed by atoms with E-state index in [0.717, 1.165) is 59.2 Å². The Kier molecular flexibility index (Phi) is 6.65. The predicted octanol–water partition coefficient (Wildman–Crippen LogP) is 10.1. The quantitative estimate of drug-likeness (QED) is 0.355. The molecule has 0 radical (unpaired) electrons. The van der Waals surface area contributed by atoms with Crippen molar-refractivity contribution in [1.29, 1.82) is 0 Å². The van der Waals surface area contributed by atoms with Gasteiger partial charge in [-0.2, -0.15) is 0 Å². The summed E-state index contributed by atoms with van der Waals surface area (Å²) in [6.07, 6.45) is 15.4. The Bertz CT molecular complexity index is 804. The summed E-state index contributed by atoms with van der Waals surface area (Å²) in [7, 11) is 0. The summed E-state index contributed by atoms with van der Waals surface area (Å²) >= 11 is 0. The molecule has 5 saturated carbocycles. The summed E-state index contributed by atoms with van der Waals surface area (Å²) in [6.45, 7) is 29.5. The Labute approximate surface area is 213 Å². The van der Waals surface area contributed by atoms with Gasteiger partial charge in [0.25, 0.3) is 0 Å². The molecule has 0 heteroatoms. The minimum Gasteiger partial charge on any atom is -0.0914 e. The number of rotatable bonds is 2. The maximum absolute atomic E-state index is 2.55. The molecule has 0 aliphatic heterocycles. The summed E-state index contributed by atoms with van der Waals surface area (Å²) in [5, 5.41) is 0. The summed E-state index contributed by atoms with van der Waals surface area (Å²) in [5.74, 6) is 9.40. The summed E-state index contributed by atoms with van der Waals surface area (Å²) in [5.41, 5.74) is 2.07. The first-order valence-corrected chi connectivity index (χ1v) is 14.9. The highest BCUT2D eigenvalue weighted by Crippen LogP contribution is 2.74. The average Bonchev–Trinajstić information content (AvgIpc) is 3.43. The van der Waals surface area contributed by atoms with Crippen molar-refractivity contribution in [2.45, 2.75) is 109 Å². The van der Waals surface area contributed by atoms with E-state index in [1.54, 1.807) is 0 Å². The molecule has 0 nitrogen and oxygen atoms in total. The highest BCUT2D eigenvalue weighted by atomic mass is 14.7. The monoisotopic (exact) mass is 466 g/mol. The molecule has 5 fully saturated rings. The normalized spacial score (nSPS) is 48.8. The zero-order valence-electron chi connectivity index (χ0n) is 24.9. The first-order chi connectivity index (χ1) is 15.6. The average molecular weight is 467 g/mol. The van der Waals surface area contributed by atoms with Crippen molar-refractivity contribution in [2.24, 2.45) is 80.8 Å². The number of hydrogen-bond acceptors (Lipinski definition) is 0. The minimum atomic E-state index is 0.493. The summed E-state index contributed by atoms with van der Waals surface area (Å²) in [4.78, 5) is 0. The summed E-state index contributed by atoms with van der Waals surface area (Å²) < 4.78 is 0. The van der Waals surface area contributed by atoms with Crippen molar-refractivity contribution < 1.29 is 0 Å². The number of fused-ring (bicyclic) bond motifs is 6. The van der Waals surface area contributed by atoms with Crippen molar-refractivity contribution in [3.8, 4) is 0 Å². The molecule has 0 saturated heterocycles. The molecule has 194 valence electrons. The highest BCUT2D eigenvalue weighted by Gasteiger charge is 2.68. The SMILES string of the molecule is C/C=C/C1CC(C)C2C1C1CC2C(C)(C)C1(C)C.C/C=C/C1CC(C)C2CC(C)(C)C(C)(C)C12. The molecule has 5 aliphatic carbocycles. The van der Waals surface area contributed by atoms with Crippen LogP contribution < -0.4 is 0 Å². The van der Waals surface area contributed by atoms with Crippen LogP contribution in [0.5, 0.6) is 0 Å². The second-order valence-electron chi connectivity index (χ2n) is 15.9. The van der Waals surface area contributed by atoms with E-state index in [0.29, 0.717) is 21.7 Å². The van der Waals surface area contributed by atoms with E-state index in [1.165, 1.54) is 25.7 Å². The van der Waals surface area contributed by atoms with E-state index in [4.69, 9.17) is 0 Å². The van der Waals surface area contributed by atoms with Crippen molar-refractivity contribution in [1.82, 2.24) is 0 Å². The molecular formula is C34H58. The molecule has 0 heterocycles. The third kappa shape index (κ3) is 3.57. The maximum atomic E-state index is 2.55. The predicted molar refractivity (Wildman–Crippen MR) is 149 cm³/mol. The van der Waals surface area contributed by atoms with Crippen LogP contribution in [0.25, 0.3) is 0 Å². The molecule has 0 aromatic heterocycles. The lowest BCUT2D eigenvalue weighted by molar-refractivity contribution is -0.0347. The van der Waals surface area contributed by atoms with Crippen LogP contribution in [-0.2, 0) is 0 Å². The van der Waals surface area contributed by atoms with E-state index >= 15 is 0 Å². The first kappa shape index (κ1) is 26.5. The Morgan fingerprint density at radius 2 is 1.09 bits per heavy atom. The molecule has 2 bridgehead atoms. The molecule has 10 atom stereocenters. The van der Waals surface area contributed by atoms with E-state index in [-0.39, 0.29) is 0 Å². The van der Waals surface area contributed by atoms with Crippen LogP contribution >= 0.6 is 0 Å². The van der Waals surface area contributed by atoms with Crippen LogP contribution in [0, 0.1) is 80.8 Å². The van der Waals surface area contributed by atoms with Crippen LogP contribution in [0.15, 0.2) is 24.3 Å². The van der Waals surface area contributed by atoms with Gasteiger partial charge < -0.3 is 0 Å². The molecule has 10 unspecified atom stereocenters. The lowest BCUT2D eigenvalue weighted by Crippen LogP contribution is -2.46. The molecule has 5 rings (SSSR count). The zero-order chi connectivity index (χ0) is 25.4. The Hall–Kier alpha value is -0.520. The fourth-order valence-corrected chi connectivity index (χ4v) is 10.8. The third-order valence-electron chi connectivity index (χ3n) is 13.7. The second-order valence-corrected chi connectivity index (χ2v) is 15.9. The van der Waals surface area contributed by atoms with Gasteiger partial charge in [0.1, 0.15) is 0 Å². The van der Waals surface area contributed by atoms with Gasteiger partial charge in [0.05, 0.1) is 0 Å². The van der Waals surface area contributed by atoms with Crippen molar-refractivity contribution >= 4 is 0 Å². The van der Waals surface area contributed by atoms with Crippen molar-refractivity contribution in [3.05, 3.63) is 24.3 Å². The topological polar surface area (TPSA) is 0 Å². The zero-order valence-corrected chi connectivity index (χ0v) is 24.9. The maximum Gasteiger partial charge on any atom is -0.0195 e. The lowest BCUT2D eigenvalue weighted by atomic mass is 9.53. The molecule has 0 amide bonds. The van der Waals surface area contributed by atoms with Crippen molar-refractivity contribution in [2.75, 3.05) is 0 Å². The van der Waals surface area contributed by atoms with Gasteiger partial charge in [0.2, 0.25) is 0 Å². The standard InChI is InChI=1S/C18H30.C16H28/c1-7-8-12-9-11(2)15-13-10-14(16(12)15)18(5,6)17(13,3)4;1-7-8-12-9-11(2)13-10-15(3,4)16(5,6)14(12)13/h7-8,11-16H,9-10H2,1-6H3;7-8,11-14H,9-10H2,1-6H3/b2*8-7+. The largest absolute Gasteiger partial charge is 0.0914 e. The molecular weight excluding hydrogens is 408 g/mol. The van der Waals surface area contributed by atoms with Gasteiger partial charge in [-0.25, -0.2) is 0 Å². The lowest BCUT2D eigenvalue weighted by Gasteiger charge is -2.51. The molecule has 0 N–H and O–H groups in total. The van der Waals surface area contributed by atoms with Crippen LogP contribution in [0.4, 0.5) is 0 Å². The highest BCUT2D eigenvalue weighted by molar-refractivity contribution is 5.19. The smallest absolute Gasteiger partial charge is 0.0195 e. The number of hydrogen-bond donors (Lipinski definition) is 0. The second kappa shape index (κ2) is 8.52. The van der Waals surface area contributed by atoms with Gasteiger partial charge in [-0.3, -0.25) is 0 Å². The Morgan fingerprint density at radius 1 is 0.588 bits per heavy atom. The van der Waals surface area contributed by atoms with Crippen LogP contribution in [0.2, 0.25) is 0 Å². The van der Waals surface area contributed by atoms with Gasteiger partial charge in [-0.1, -0.05) is 93.5 Å². The van der Waals surface area contributed by atoms with Crippen LogP contribution in [-0.4, -0.2) is 0 Å².